The Kier molecular flexibility index (Phi) is 4.01. The molecule has 2 rings (SSSR count). The Hall–Kier alpha value is -2.24. The number of aromatic nitrogens is 3. The van der Waals surface area contributed by atoms with Crippen LogP contribution in [0.2, 0.25) is 0 Å². The summed E-state index contributed by atoms with van der Waals surface area (Å²) in [5.74, 6) is 2.20. The molecule has 6 heteroatoms. The number of H-pyrrole nitrogens is 1. The molecule has 0 aliphatic carbocycles. The first-order valence-electron chi connectivity index (χ1n) is 5.82. The van der Waals surface area contributed by atoms with Crippen LogP contribution in [-0.4, -0.2) is 28.6 Å². The number of ether oxygens (including phenoxy) is 1. The highest BCUT2D eigenvalue weighted by Crippen LogP contribution is 2.19. The fourth-order valence-electron chi connectivity index (χ4n) is 1.60. The molecular weight excluding hydrogens is 230 g/mol. The Bertz CT molecular complexity index is 483. The molecule has 0 atom stereocenters. The van der Waals surface area contributed by atoms with Crippen molar-refractivity contribution in [1.29, 1.82) is 0 Å². The van der Waals surface area contributed by atoms with Gasteiger partial charge in [0, 0.05) is 31.4 Å². The highest BCUT2D eigenvalue weighted by atomic mass is 16.5. The Morgan fingerprint density at radius 2 is 2.33 bits per heavy atom. The van der Waals surface area contributed by atoms with Crippen LogP contribution >= 0.6 is 0 Å². The van der Waals surface area contributed by atoms with Crippen molar-refractivity contribution in [3.63, 3.8) is 0 Å². The van der Waals surface area contributed by atoms with Crippen LogP contribution in [0.3, 0.4) is 0 Å². The molecule has 0 aliphatic rings. The second kappa shape index (κ2) is 5.90. The lowest BCUT2D eigenvalue weighted by Crippen LogP contribution is -2.08. The highest BCUT2D eigenvalue weighted by Gasteiger charge is 2.02. The lowest BCUT2D eigenvalue weighted by Gasteiger charge is -2.09. The standard InChI is InChI=1S/C12H17N5O/c1-18-11-5-4-9(13)12(17-11)16-6-2-3-10-14-7-8-15-10/h4-5,7-8H,2-3,6,13H2,1H3,(H,14,15)(H,16,17). The van der Waals surface area contributed by atoms with Crippen LogP contribution in [0.25, 0.3) is 0 Å². The number of aryl methyl sites for hydroxylation is 1. The van der Waals surface area contributed by atoms with Crippen LogP contribution < -0.4 is 15.8 Å². The van der Waals surface area contributed by atoms with Gasteiger partial charge in [-0.1, -0.05) is 0 Å². The van der Waals surface area contributed by atoms with E-state index in [0.29, 0.717) is 17.4 Å². The molecule has 0 unspecified atom stereocenters. The van der Waals surface area contributed by atoms with Crippen molar-refractivity contribution in [2.75, 3.05) is 24.7 Å². The van der Waals surface area contributed by atoms with E-state index in [9.17, 15) is 0 Å². The molecule has 0 saturated heterocycles. The van der Waals surface area contributed by atoms with Crippen LogP contribution in [0.5, 0.6) is 5.88 Å². The van der Waals surface area contributed by atoms with E-state index in [0.717, 1.165) is 25.2 Å². The molecule has 0 saturated carbocycles. The molecule has 4 N–H and O–H groups in total. The van der Waals surface area contributed by atoms with Crippen LogP contribution in [0.1, 0.15) is 12.2 Å². The largest absolute Gasteiger partial charge is 0.481 e. The van der Waals surface area contributed by atoms with Crippen molar-refractivity contribution in [3.05, 3.63) is 30.4 Å². The monoisotopic (exact) mass is 247 g/mol. The topological polar surface area (TPSA) is 88.9 Å². The van der Waals surface area contributed by atoms with Crippen molar-refractivity contribution in [3.8, 4) is 5.88 Å². The fourth-order valence-corrected chi connectivity index (χ4v) is 1.60. The summed E-state index contributed by atoms with van der Waals surface area (Å²) in [5, 5.41) is 3.19. The van der Waals surface area contributed by atoms with Gasteiger partial charge in [-0.2, -0.15) is 4.98 Å². The third-order valence-electron chi connectivity index (χ3n) is 2.55. The maximum atomic E-state index is 5.82. The highest BCUT2D eigenvalue weighted by molar-refractivity contribution is 5.61. The molecule has 2 heterocycles. The number of imidazole rings is 1. The quantitative estimate of drug-likeness (QED) is 0.672. The van der Waals surface area contributed by atoms with Crippen molar-refractivity contribution in [1.82, 2.24) is 15.0 Å². The van der Waals surface area contributed by atoms with Crippen LogP contribution in [-0.2, 0) is 6.42 Å². The van der Waals surface area contributed by atoms with E-state index >= 15 is 0 Å². The predicted octanol–water partition coefficient (Wildman–Crippen LogP) is 1.44. The van der Waals surface area contributed by atoms with E-state index in [1.54, 1.807) is 25.4 Å². The number of aromatic amines is 1. The number of methoxy groups -OCH3 is 1. The first-order chi connectivity index (χ1) is 8.79. The van der Waals surface area contributed by atoms with E-state index in [1.165, 1.54) is 0 Å². The predicted molar refractivity (Wildman–Crippen MR) is 70.6 cm³/mol. The second-order valence-electron chi connectivity index (χ2n) is 3.86. The van der Waals surface area contributed by atoms with Crippen molar-refractivity contribution in [2.45, 2.75) is 12.8 Å². The first kappa shape index (κ1) is 12.2. The van der Waals surface area contributed by atoms with Gasteiger partial charge in [0.1, 0.15) is 5.82 Å². The lowest BCUT2D eigenvalue weighted by molar-refractivity contribution is 0.398. The molecule has 0 bridgehead atoms. The van der Waals surface area contributed by atoms with E-state index in [2.05, 4.69) is 20.3 Å². The lowest BCUT2D eigenvalue weighted by atomic mass is 10.3. The van der Waals surface area contributed by atoms with Gasteiger partial charge >= 0.3 is 0 Å². The summed E-state index contributed by atoms with van der Waals surface area (Å²) in [6, 6.07) is 3.52. The third kappa shape index (κ3) is 3.13. The minimum Gasteiger partial charge on any atom is -0.481 e. The Labute approximate surface area is 106 Å². The van der Waals surface area contributed by atoms with E-state index in [1.807, 2.05) is 6.20 Å². The smallest absolute Gasteiger partial charge is 0.215 e. The number of hydrogen-bond donors (Lipinski definition) is 3. The summed E-state index contributed by atoms with van der Waals surface area (Å²) in [4.78, 5) is 11.5. The number of nitrogens with two attached hydrogens (primary N) is 1. The summed E-state index contributed by atoms with van der Waals surface area (Å²) in [6.07, 6.45) is 5.42. The van der Waals surface area contributed by atoms with Gasteiger partial charge in [0.15, 0.2) is 5.82 Å². The molecule has 0 fully saturated rings. The molecule has 0 aromatic carbocycles. The molecule has 0 amide bonds. The number of hydrogen-bond acceptors (Lipinski definition) is 5. The zero-order chi connectivity index (χ0) is 12.8. The van der Waals surface area contributed by atoms with Gasteiger partial charge in [0.2, 0.25) is 5.88 Å². The average Bonchev–Trinajstić information content (AvgIpc) is 2.89. The number of anilines is 2. The maximum absolute atomic E-state index is 5.82. The van der Waals surface area contributed by atoms with Crippen LogP contribution in [0, 0.1) is 0 Å². The Morgan fingerprint density at radius 3 is 3.06 bits per heavy atom. The number of rotatable bonds is 6. The molecular formula is C12H17N5O. The minimum atomic E-state index is 0.553. The minimum absolute atomic E-state index is 0.553. The normalized spacial score (nSPS) is 10.3. The summed E-state index contributed by atoms with van der Waals surface area (Å²) >= 11 is 0. The molecule has 0 radical (unpaired) electrons. The van der Waals surface area contributed by atoms with Crippen LogP contribution in [0.15, 0.2) is 24.5 Å². The average molecular weight is 247 g/mol. The molecule has 6 nitrogen and oxygen atoms in total. The Balaban J connectivity index is 1.82. The fraction of sp³-hybridized carbons (Fsp3) is 0.333. The number of nitrogens with one attached hydrogen (secondary N) is 2. The van der Waals surface area contributed by atoms with Gasteiger partial charge in [0.05, 0.1) is 12.8 Å². The van der Waals surface area contributed by atoms with Crippen molar-refractivity contribution in [2.24, 2.45) is 0 Å². The van der Waals surface area contributed by atoms with Gasteiger partial charge in [-0.15, -0.1) is 0 Å². The zero-order valence-corrected chi connectivity index (χ0v) is 10.3. The van der Waals surface area contributed by atoms with Gasteiger partial charge in [-0.25, -0.2) is 4.98 Å². The third-order valence-corrected chi connectivity index (χ3v) is 2.55. The summed E-state index contributed by atoms with van der Waals surface area (Å²) in [6.45, 7) is 0.783. The van der Waals surface area contributed by atoms with Crippen molar-refractivity contribution >= 4 is 11.5 Å². The molecule has 18 heavy (non-hydrogen) atoms. The molecule has 0 aliphatic heterocycles. The number of nitrogen functional groups attached to an aromatic ring is 1. The van der Waals surface area contributed by atoms with E-state index < -0.39 is 0 Å². The Morgan fingerprint density at radius 1 is 1.44 bits per heavy atom. The molecule has 0 spiro atoms. The van der Waals surface area contributed by atoms with Crippen LogP contribution in [0.4, 0.5) is 11.5 Å². The van der Waals surface area contributed by atoms with Gasteiger partial charge < -0.3 is 20.8 Å². The van der Waals surface area contributed by atoms with E-state index in [-0.39, 0.29) is 0 Å². The second-order valence-corrected chi connectivity index (χ2v) is 3.86. The van der Waals surface area contributed by atoms with Crippen molar-refractivity contribution < 1.29 is 4.74 Å². The first-order valence-corrected chi connectivity index (χ1v) is 5.82. The maximum Gasteiger partial charge on any atom is 0.215 e. The summed E-state index contributed by atoms with van der Waals surface area (Å²) in [7, 11) is 1.58. The summed E-state index contributed by atoms with van der Waals surface area (Å²) in [5.41, 5.74) is 6.44. The zero-order valence-electron chi connectivity index (χ0n) is 10.3. The summed E-state index contributed by atoms with van der Waals surface area (Å²) < 4.78 is 5.05. The van der Waals surface area contributed by atoms with Gasteiger partial charge in [-0.05, 0) is 12.5 Å². The number of pyridine rings is 1. The SMILES string of the molecule is COc1ccc(N)c(NCCCc2ncc[nH]2)n1. The molecule has 96 valence electrons. The van der Waals surface area contributed by atoms with Gasteiger partial charge in [-0.3, -0.25) is 0 Å². The number of nitrogens with zero attached hydrogens (tertiary/aromatic N) is 2. The molecule has 2 aromatic heterocycles. The molecule has 2 aromatic rings. The van der Waals surface area contributed by atoms with E-state index in [4.69, 9.17) is 10.5 Å². The van der Waals surface area contributed by atoms with Gasteiger partial charge in [0.25, 0.3) is 0 Å².